The molecule has 0 aliphatic carbocycles. The molecular weight excluding hydrogens is 972 g/mol. The molecule has 3 atom stereocenters. The molecular formula is C68H114N2O6P+. The Kier molecular flexibility index (Phi) is 54.0. The number of aliphatic hydroxyl groups excluding tert-OH is 1. The Labute approximate surface area is 473 Å². The fraction of sp³-hybridized carbons (Fsp3) is 0.603. The van der Waals surface area contributed by atoms with E-state index in [1.54, 1.807) is 6.08 Å². The van der Waals surface area contributed by atoms with Gasteiger partial charge in [0.1, 0.15) is 13.2 Å². The van der Waals surface area contributed by atoms with E-state index in [1.807, 2.05) is 27.2 Å². The van der Waals surface area contributed by atoms with Gasteiger partial charge in [-0.05, 0) is 122 Å². The number of carbonyl (C=O) groups is 1. The lowest BCUT2D eigenvalue weighted by atomic mass is 10.0. The maximum Gasteiger partial charge on any atom is 0.472 e. The molecule has 3 unspecified atom stereocenters. The predicted octanol–water partition coefficient (Wildman–Crippen LogP) is 19.0. The molecule has 0 aromatic rings. The topological polar surface area (TPSA) is 105 Å². The molecule has 0 aromatic carbocycles. The molecule has 0 saturated heterocycles. The standard InChI is InChI=1S/C68H113N2O6P/c1-6-8-10-12-14-16-18-20-22-23-24-25-26-27-28-29-30-31-32-33-34-35-36-37-38-39-40-41-42-43-44-45-46-47-48-50-52-54-56-58-60-62-68(72)69-66(65-76-77(73,74)75-64-63-70(3,4)5)67(71)61-59-57-55-53-51-49-21-19-17-15-13-11-9-7-2/h8,10,14,16-17,19-20,22,24-25,27-28,30-31,33-34,36-37,39-40,42-43,51,53,59,61,66-67,71H,6-7,9,11-13,15,18,21,23,26,29,32,35,38,41,44-50,52,54-58,60,62-65H2,1-5H3,(H-,69,72,73,74)/p+1/b10-8-,16-14-,19-17+,22-20-,25-24-,28-27-,31-30-,34-33-,37-36-,40-39-,43-42-,53-51+,61-59+. The van der Waals surface area contributed by atoms with Crippen LogP contribution >= 0.6 is 7.82 Å². The summed E-state index contributed by atoms with van der Waals surface area (Å²) in [6.45, 7) is 4.62. The normalized spacial score (nSPS) is 14.9. The van der Waals surface area contributed by atoms with Crippen molar-refractivity contribution >= 4 is 13.7 Å². The van der Waals surface area contributed by atoms with E-state index in [9.17, 15) is 19.4 Å². The van der Waals surface area contributed by atoms with Crippen molar-refractivity contribution in [3.05, 3.63) is 158 Å². The molecule has 9 heteroatoms. The number of hydrogen-bond donors (Lipinski definition) is 3. The third kappa shape index (κ3) is 59.6. The molecule has 0 radical (unpaired) electrons. The number of hydrogen-bond acceptors (Lipinski definition) is 5. The number of rotatable bonds is 53. The molecule has 0 spiro atoms. The first kappa shape index (κ1) is 73.1. The zero-order valence-corrected chi connectivity index (χ0v) is 50.5. The molecule has 0 aromatic heterocycles. The summed E-state index contributed by atoms with van der Waals surface area (Å²) < 4.78 is 23.6. The van der Waals surface area contributed by atoms with Gasteiger partial charge in [-0.3, -0.25) is 13.8 Å². The zero-order valence-electron chi connectivity index (χ0n) is 49.6. The van der Waals surface area contributed by atoms with Gasteiger partial charge in [-0.2, -0.15) is 0 Å². The van der Waals surface area contributed by atoms with E-state index >= 15 is 0 Å². The second-order valence-corrected chi connectivity index (χ2v) is 22.4. The lowest BCUT2D eigenvalue weighted by Crippen LogP contribution is -2.45. The first-order valence-corrected chi connectivity index (χ1v) is 31.9. The highest BCUT2D eigenvalue weighted by molar-refractivity contribution is 7.47. The molecule has 0 saturated carbocycles. The van der Waals surface area contributed by atoms with Crippen LogP contribution in [0, 0.1) is 0 Å². The number of phosphoric ester groups is 1. The summed E-state index contributed by atoms with van der Waals surface area (Å²) in [4.78, 5) is 23.3. The lowest BCUT2D eigenvalue weighted by Gasteiger charge is -2.25. The number of aliphatic hydroxyl groups is 1. The van der Waals surface area contributed by atoms with Crippen LogP contribution in [0.2, 0.25) is 0 Å². The number of likely N-dealkylation sites (N-methyl/N-ethyl adjacent to an activating group) is 1. The Hall–Kier alpha value is -3.88. The molecule has 3 N–H and O–H groups in total. The molecule has 436 valence electrons. The van der Waals surface area contributed by atoms with Gasteiger partial charge in [0.2, 0.25) is 5.91 Å². The maximum absolute atomic E-state index is 13.0. The summed E-state index contributed by atoms with van der Waals surface area (Å²) in [6.07, 6.45) is 89.3. The number of allylic oxidation sites excluding steroid dienone is 25. The molecule has 0 heterocycles. The molecule has 0 bridgehead atoms. The van der Waals surface area contributed by atoms with Gasteiger partial charge in [-0.25, -0.2) is 4.57 Å². The average molecular weight is 1090 g/mol. The first-order chi connectivity index (χ1) is 37.5. The zero-order chi connectivity index (χ0) is 56.3. The van der Waals surface area contributed by atoms with Crippen molar-refractivity contribution < 1.29 is 32.9 Å². The van der Waals surface area contributed by atoms with Gasteiger partial charge in [0.25, 0.3) is 0 Å². The van der Waals surface area contributed by atoms with Crippen molar-refractivity contribution in [2.24, 2.45) is 0 Å². The second-order valence-electron chi connectivity index (χ2n) is 21.0. The Morgan fingerprint density at radius 1 is 0.455 bits per heavy atom. The number of phosphoric acid groups is 1. The van der Waals surface area contributed by atoms with E-state index in [-0.39, 0.29) is 19.1 Å². The number of unbranched alkanes of at least 4 members (excludes halogenated alkanes) is 16. The molecule has 0 fully saturated rings. The monoisotopic (exact) mass is 1090 g/mol. The van der Waals surface area contributed by atoms with Crippen molar-refractivity contribution in [2.45, 2.75) is 225 Å². The fourth-order valence-corrected chi connectivity index (χ4v) is 8.48. The summed E-state index contributed by atoms with van der Waals surface area (Å²) in [5.41, 5.74) is 0. The highest BCUT2D eigenvalue weighted by atomic mass is 31.2. The van der Waals surface area contributed by atoms with Gasteiger partial charge in [0.05, 0.1) is 39.9 Å². The van der Waals surface area contributed by atoms with Crippen LogP contribution in [0.3, 0.4) is 0 Å². The van der Waals surface area contributed by atoms with Crippen LogP contribution in [0.25, 0.3) is 0 Å². The summed E-state index contributed by atoms with van der Waals surface area (Å²) in [7, 11) is 1.52. The van der Waals surface area contributed by atoms with Crippen LogP contribution in [0.4, 0.5) is 0 Å². The van der Waals surface area contributed by atoms with Gasteiger partial charge in [-0.1, -0.05) is 242 Å². The number of amides is 1. The van der Waals surface area contributed by atoms with Crippen molar-refractivity contribution in [3.8, 4) is 0 Å². The maximum atomic E-state index is 13.0. The van der Waals surface area contributed by atoms with E-state index in [4.69, 9.17) is 9.05 Å². The quantitative estimate of drug-likeness (QED) is 0.0243. The van der Waals surface area contributed by atoms with Crippen LogP contribution in [-0.4, -0.2) is 73.4 Å². The molecule has 8 nitrogen and oxygen atoms in total. The SMILES string of the molecule is CC/C=C\C/C=C\C/C=C\C/C=C\C/C=C\C/C=C\C/C=C\C/C=C\C/C=C\C/C=C\CCCCCCCCCCCCC(=O)NC(COP(=O)(O)OCC[N+](C)(C)C)C(O)/C=C/CC/C=C/CC/C=C/CCCCCC. The van der Waals surface area contributed by atoms with E-state index in [1.165, 1.54) is 70.6 Å². The van der Waals surface area contributed by atoms with E-state index < -0.39 is 20.0 Å². The van der Waals surface area contributed by atoms with Crippen molar-refractivity contribution in [2.75, 3.05) is 40.9 Å². The predicted molar refractivity (Wildman–Crippen MR) is 336 cm³/mol. The van der Waals surface area contributed by atoms with Gasteiger partial charge in [0, 0.05) is 6.42 Å². The fourth-order valence-electron chi connectivity index (χ4n) is 7.75. The Bertz CT molecular complexity index is 1810. The highest BCUT2D eigenvalue weighted by Crippen LogP contribution is 2.43. The van der Waals surface area contributed by atoms with Gasteiger partial charge in [-0.15, -0.1) is 0 Å². The van der Waals surface area contributed by atoms with E-state index in [0.717, 1.165) is 122 Å². The van der Waals surface area contributed by atoms with Crippen LogP contribution in [0.15, 0.2) is 158 Å². The van der Waals surface area contributed by atoms with Crippen molar-refractivity contribution in [3.63, 3.8) is 0 Å². The first-order valence-electron chi connectivity index (χ1n) is 30.4. The van der Waals surface area contributed by atoms with Crippen LogP contribution in [0.1, 0.15) is 213 Å². The van der Waals surface area contributed by atoms with Gasteiger partial charge in [0.15, 0.2) is 0 Å². The van der Waals surface area contributed by atoms with Crippen LogP contribution in [0.5, 0.6) is 0 Å². The lowest BCUT2D eigenvalue weighted by molar-refractivity contribution is -0.870. The number of quaternary nitrogens is 1. The summed E-state index contributed by atoms with van der Waals surface area (Å²) in [5, 5.41) is 13.9. The van der Waals surface area contributed by atoms with E-state index in [2.05, 4.69) is 165 Å². The minimum absolute atomic E-state index is 0.0450. The summed E-state index contributed by atoms with van der Waals surface area (Å²) >= 11 is 0. The Morgan fingerprint density at radius 2 is 0.792 bits per heavy atom. The van der Waals surface area contributed by atoms with Gasteiger partial charge >= 0.3 is 7.82 Å². The van der Waals surface area contributed by atoms with Crippen LogP contribution < -0.4 is 5.32 Å². The Morgan fingerprint density at radius 3 is 1.19 bits per heavy atom. The average Bonchev–Trinajstić information content (AvgIpc) is 3.39. The smallest absolute Gasteiger partial charge is 0.387 e. The Balaban J connectivity index is 4.13. The third-order valence-corrected chi connectivity index (χ3v) is 13.4. The second kappa shape index (κ2) is 56.8. The minimum atomic E-state index is -4.37. The summed E-state index contributed by atoms with van der Waals surface area (Å²) in [5.74, 6) is -0.203. The number of nitrogens with zero attached hydrogens (tertiary/aromatic N) is 1. The van der Waals surface area contributed by atoms with Gasteiger partial charge < -0.3 is 19.8 Å². The molecule has 0 aliphatic rings. The highest BCUT2D eigenvalue weighted by Gasteiger charge is 2.27. The third-order valence-electron chi connectivity index (χ3n) is 12.5. The summed E-state index contributed by atoms with van der Waals surface area (Å²) in [6, 6.07) is -0.882. The molecule has 1 amide bonds. The minimum Gasteiger partial charge on any atom is -0.387 e. The molecule has 77 heavy (non-hydrogen) atoms. The van der Waals surface area contributed by atoms with Crippen LogP contribution in [-0.2, 0) is 18.4 Å². The van der Waals surface area contributed by atoms with Crippen molar-refractivity contribution in [1.29, 1.82) is 0 Å². The number of carbonyl (C=O) groups excluding carboxylic acids is 1. The van der Waals surface area contributed by atoms with Crippen molar-refractivity contribution in [1.82, 2.24) is 5.32 Å². The largest absolute Gasteiger partial charge is 0.472 e. The number of nitrogens with one attached hydrogen (secondary N) is 1. The molecule has 0 aliphatic heterocycles. The van der Waals surface area contributed by atoms with E-state index in [0.29, 0.717) is 17.4 Å². The molecule has 0 rings (SSSR count).